The van der Waals surface area contributed by atoms with Crippen LogP contribution in [0.5, 0.6) is 0 Å². The zero-order chi connectivity index (χ0) is 16.7. The average Bonchev–Trinajstić information content (AvgIpc) is 2.78. The van der Waals surface area contributed by atoms with Crippen LogP contribution in [-0.2, 0) is 4.79 Å². The van der Waals surface area contributed by atoms with Crippen molar-refractivity contribution in [1.29, 1.82) is 0 Å². The van der Waals surface area contributed by atoms with Crippen LogP contribution in [0.4, 0.5) is 4.39 Å². The van der Waals surface area contributed by atoms with E-state index in [0.717, 1.165) is 13.0 Å². The Labute approximate surface area is 135 Å². The third kappa shape index (κ3) is 5.08. The van der Waals surface area contributed by atoms with Crippen LogP contribution in [-0.4, -0.2) is 60.9 Å². The second kappa shape index (κ2) is 8.30. The SMILES string of the molecule is C#CCNC(=O)CN1CCCN(C(=O)c2ccc(F)cc2)CC1. The monoisotopic (exact) mass is 317 g/mol. The summed E-state index contributed by atoms with van der Waals surface area (Å²) in [7, 11) is 0. The van der Waals surface area contributed by atoms with Crippen LogP contribution in [0, 0.1) is 18.2 Å². The molecule has 122 valence electrons. The van der Waals surface area contributed by atoms with Gasteiger partial charge in [0, 0.05) is 31.7 Å². The molecule has 1 N–H and O–H groups in total. The number of nitrogens with one attached hydrogen (secondary N) is 1. The van der Waals surface area contributed by atoms with Crippen molar-refractivity contribution in [1.82, 2.24) is 15.1 Å². The van der Waals surface area contributed by atoms with Gasteiger partial charge in [0.2, 0.25) is 5.91 Å². The highest BCUT2D eigenvalue weighted by Crippen LogP contribution is 2.10. The Morgan fingerprint density at radius 2 is 1.91 bits per heavy atom. The molecule has 0 radical (unpaired) electrons. The lowest BCUT2D eigenvalue weighted by Gasteiger charge is -2.21. The summed E-state index contributed by atoms with van der Waals surface area (Å²) in [5, 5.41) is 2.63. The summed E-state index contributed by atoms with van der Waals surface area (Å²) in [5.41, 5.74) is 0.478. The second-order valence-electron chi connectivity index (χ2n) is 5.41. The molecule has 0 aromatic heterocycles. The molecule has 1 saturated heterocycles. The third-order valence-corrected chi connectivity index (χ3v) is 3.72. The van der Waals surface area contributed by atoms with Crippen LogP contribution >= 0.6 is 0 Å². The highest BCUT2D eigenvalue weighted by molar-refractivity contribution is 5.94. The molecule has 5 nitrogen and oxygen atoms in total. The molecule has 0 atom stereocenters. The average molecular weight is 317 g/mol. The lowest BCUT2D eigenvalue weighted by molar-refractivity contribution is -0.121. The van der Waals surface area contributed by atoms with E-state index in [9.17, 15) is 14.0 Å². The van der Waals surface area contributed by atoms with E-state index >= 15 is 0 Å². The molecule has 0 aliphatic carbocycles. The van der Waals surface area contributed by atoms with E-state index in [-0.39, 0.29) is 30.7 Å². The van der Waals surface area contributed by atoms with E-state index in [1.165, 1.54) is 24.3 Å². The summed E-state index contributed by atoms with van der Waals surface area (Å²) in [4.78, 5) is 27.9. The molecule has 1 aromatic carbocycles. The largest absolute Gasteiger partial charge is 0.344 e. The van der Waals surface area contributed by atoms with E-state index in [2.05, 4.69) is 11.2 Å². The molecule has 0 unspecified atom stereocenters. The number of hydrogen-bond acceptors (Lipinski definition) is 3. The highest BCUT2D eigenvalue weighted by atomic mass is 19.1. The number of benzene rings is 1. The van der Waals surface area contributed by atoms with Crippen LogP contribution < -0.4 is 5.32 Å². The van der Waals surface area contributed by atoms with E-state index in [4.69, 9.17) is 6.42 Å². The van der Waals surface area contributed by atoms with Crippen molar-refractivity contribution in [2.45, 2.75) is 6.42 Å². The third-order valence-electron chi connectivity index (χ3n) is 3.72. The van der Waals surface area contributed by atoms with Gasteiger partial charge in [0.05, 0.1) is 13.1 Å². The van der Waals surface area contributed by atoms with Gasteiger partial charge in [-0.2, -0.15) is 0 Å². The molecule has 2 amide bonds. The molecule has 0 spiro atoms. The zero-order valence-electron chi connectivity index (χ0n) is 12.9. The van der Waals surface area contributed by atoms with Crippen LogP contribution in [0.15, 0.2) is 24.3 Å². The molecule has 6 heteroatoms. The van der Waals surface area contributed by atoms with Crippen molar-refractivity contribution in [2.24, 2.45) is 0 Å². The molecule has 1 aromatic rings. The topological polar surface area (TPSA) is 52.7 Å². The number of terminal acetylenes is 1. The fourth-order valence-electron chi connectivity index (χ4n) is 2.52. The first-order chi connectivity index (χ1) is 11.1. The molecular weight excluding hydrogens is 297 g/mol. The van der Waals surface area contributed by atoms with E-state index in [1.54, 1.807) is 4.90 Å². The number of halogens is 1. The van der Waals surface area contributed by atoms with Gasteiger partial charge in [0.15, 0.2) is 0 Å². The van der Waals surface area contributed by atoms with E-state index in [1.807, 2.05) is 4.90 Å². The Bertz CT molecular complexity index is 595. The van der Waals surface area contributed by atoms with Gasteiger partial charge in [-0.15, -0.1) is 6.42 Å². The van der Waals surface area contributed by atoms with Crippen molar-refractivity contribution >= 4 is 11.8 Å². The van der Waals surface area contributed by atoms with Gasteiger partial charge in [0.25, 0.3) is 5.91 Å². The van der Waals surface area contributed by atoms with Crippen LogP contribution in [0.2, 0.25) is 0 Å². The van der Waals surface area contributed by atoms with Crippen molar-refractivity contribution in [3.05, 3.63) is 35.6 Å². The minimum Gasteiger partial charge on any atom is -0.344 e. The Hall–Kier alpha value is -2.39. The predicted octanol–water partition coefficient (Wildman–Crippen LogP) is 0.723. The smallest absolute Gasteiger partial charge is 0.253 e. The van der Waals surface area contributed by atoms with Crippen molar-refractivity contribution < 1.29 is 14.0 Å². The Morgan fingerprint density at radius 1 is 1.17 bits per heavy atom. The number of carbonyl (C=O) groups is 2. The van der Waals surface area contributed by atoms with E-state index in [0.29, 0.717) is 25.2 Å². The normalized spacial score (nSPS) is 15.6. The number of carbonyl (C=O) groups excluding carboxylic acids is 2. The first-order valence-corrected chi connectivity index (χ1v) is 7.57. The Balaban J connectivity index is 1.88. The minimum absolute atomic E-state index is 0.108. The molecule has 1 fully saturated rings. The van der Waals surface area contributed by atoms with Gasteiger partial charge < -0.3 is 10.2 Å². The first kappa shape index (κ1) is 17.0. The summed E-state index contributed by atoms with van der Waals surface area (Å²) < 4.78 is 12.9. The summed E-state index contributed by atoms with van der Waals surface area (Å²) >= 11 is 0. The molecule has 1 heterocycles. The molecule has 23 heavy (non-hydrogen) atoms. The quantitative estimate of drug-likeness (QED) is 0.833. The van der Waals surface area contributed by atoms with Crippen LogP contribution in [0.1, 0.15) is 16.8 Å². The van der Waals surface area contributed by atoms with Gasteiger partial charge in [0.1, 0.15) is 5.82 Å². The second-order valence-corrected chi connectivity index (χ2v) is 5.41. The van der Waals surface area contributed by atoms with Gasteiger partial charge in [-0.1, -0.05) is 5.92 Å². The lowest BCUT2D eigenvalue weighted by atomic mass is 10.2. The summed E-state index contributed by atoms with van der Waals surface area (Å²) in [6, 6.07) is 5.56. The molecule has 1 aliphatic heterocycles. The summed E-state index contributed by atoms with van der Waals surface area (Å²) in [6.45, 7) is 3.03. The first-order valence-electron chi connectivity index (χ1n) is 7.57. The maximum atomic E-state index is 12.9. The fourth-order valence-corrected chi connectivity index (χ4v) is 2.52. The summed E-state index contributed by atoms with van der Waals surface area (Å²) in [5.74, 6) is 1.78. The maximum Gasteiger partial charge on any atom is 0.253 e. The standard InChI is InChI=1S/C17H20FN3O2/c1-2-8-19-16(22)13-20-9-3-10-21(12-11-20)17(23)14-4-6-15(18)7-5-14/h1,4-7H,3,8-13H2,(H,19,22). The number of amides is 2. The van der Waals surface area contributed by atoms with Gasteiger partial charge in [-0.25, -0.2) is 4.39 Å². The maximum absolute atomic E-state index is 12.9. The van der Waals surface area contributed by atoms with Gasteiger partial charge >= 0.3 is 0 Å². The number of rotatable bonds is 4. The van der Waals surface area contributed by atoms with Gasteiger partial charge in [-0.3, -0.25) is 14.5 Å². The molecule has 1 aliphatic rings. The molecule has 2 rings (SSSR count). The number of hydrogen-bond donors (Lipinski definition) is 1. The Kier molecular flexibility index (Phi) is 6.12. The molecule has 0 saturated carbocycles. The lowest BCUT2D eigenvalue weighted by Crippen LogP contribution is -2.40. The van der Waals surface area contributed by atoms with Crippen LogP contribution in [0.3, 0.4) is 0 Å². The van der Waals surface area contributed by atoms with Crippen molar-refractivity contribution in [3.63, 3.8) is 0 Å². The zero-order valence-corrected chi connectivity index (χ0v) is 12.9. The summed E-state index contributed by atoms with van der Waals surface area (Å²) in [6.07, 6.45) is 5.89. The minimum atomic E-state index is -0.360. The van der Waals surface area contributed by atoms with Crippen LogP contribution in [0.25, 0.3) is 0 Å². The Morgan fingerprint density at radius 3 is 2.61 bits per heavy atom. The predicted molar refractivity (Wildman–Crippen MR) is 85.2 cm³/mol. The molecular formula is C17H20FN3O2. The van der Waals surface area contributed by atoms with Crippen molar-refractivity contribution in [3.8, 4) is 12.3 Å². The fraction of sp³-hybridized carbons (Fsp3) is 0.412. The van der Waals surface area contributed by atoms with Crippen molar-refractivity contribution in [2.75, 3.05) is 39.3 Å². The molecule has 0 bridgehead atoms. The highest BCUT2D eigenvalue weighted by Gasteiger charge is 2.21. The van der Waals surface area contributed by atoms with E-state index < -0.39 is 0 Å². The van der Waals surface area contributed by atoms with Gasteiger partial charge in [-0.05, 0) is 30.7 Å². The number of nitrogens with zero attached hydrogens (tertiary/aromatic N) is 2.